The average molecular weight is 207 g/mol. The van der Waals surface area contributed by atoms with Gasteiger partial charge in [-0.3, -0.25) is 4.79 Å². The first kappa shape index (κ1) is 10.2. The second kappa shape index (κ2) is 4.04. The van der Waals surface area contributed by atoms with Crippen LogP contribution in [0.1, 0.15) is 38.6 Å². The van der Waals surface area contributed by atoms with Crippen LogP contribution in [0.4, 0.5) is 0 Å². The van der Waals surface area contributed by atoms with Crippen molar-refractivity contribution in [2.45, 2.75) is 32.7 Å². The summed E-state index contributed by atoms with van der Waals surface area (Å²) in [5.74, 6) is 1.70. The van der Waals surface area contributed by atoms with Crippen molar-refractivity contribution in [3.05, 3.63) is 18.2 Å². The molecule has 1 aliphatic carbocycles. The van der Waals surface area contributed by atoms with E-state index in [1.54, 1.807) is 12.4 Å². The Morgan fingerprint density at radius 1 is 1.60 bits per heavy atom. The van der Waals surface area contributed by atoms with Crippen molar-refractivity contribution in [1.29, 1.82) is 0 Å². The highest BCUT2D eigenvalue weighted by Crippen LogP contribution is 2.36. The van der Waals surface area contributed by atoms with Gasteiger partial charge in [0.25, 0.3) is 0 Å². The summed E-state index contributed by atoms with van der Waals surface area (Å²) in [6.45, 7) is 3.94. The van der Waals surface area contributed by atoms with E-state index in [-0.39, 0.29) is 17.9 Å². The molecule has 82 valence electrons. The van der Waals surface area contributed by atoms with E-state index in [4.69, 9.17) is 0 Å². The summed E-state index contributed by atoms with van der Waals surface area (Å²) in [5.41, 5.74) is 0. The summed E-state index contributed by atoms with van der Waals surface area (Å²) in [5, 5.41) is 2.97. The van der Waals surface area contributed by atoms with Gasteiger partial charge in [-0.2, -0.15) is 0 Å². The summed E-state index contributed by atoms with van der Waals surface area (Å²) in [4.78, 5) is 18.9. The molecular weight excluding hydrogens is 190 g/mol. The first-order valence-electron chi connectivity index (χ1n) is 5.48. The molecule has 1 amide bonds. The van der Waals surface area contributed by atoms with Crippen LogP contribution >= 0.6 is 0 Å². The van der Waals surface area contributed by atoms with Gasteiger partial charge in [0.2, 0.25) is 5.91 Å². The molecule has 2 N–H and O–H groups in total. The SMILES string of the molecule is CC(NC(=O)C(C)C1CC1)c1ncc[nH]1. The van der Waals surface area contributed by atoms with Crippen LogP contribution in [-0.2, 0) is 4.79 Å². The molecule has 2 rings (SSSR count). The van der Waals surface area contributed by atoms with Gasteiger partial charge in [-0.15, -0.1) is 0 Å². The molecule has 2 unspecified atom stereocenters. The number of nitrogens with one attached hydrogen (secondary N) is 2. The molecule has 1 heterocycles. The number of aromatic nitrogens is 2. The normalized spacial score (nSPS) is 19.6. The Labute approximate surface area is 89.5 Å². The Hall–Kier alpha value is -1.32. The molecule has 0 aromatic carbocycles. The number of carbonyl (C=O) groups is 1. The molecule has 0 saturated heterocycles. The highest BCUT2D eigenvalue weighted by molar-refractivity contribution is 5.79. The number of imidazole rings is 1. The molecule has 0 spiro atoms. The van der Waals surface area contributed by atoms with Crippen molar-refractivity contribution in [2.75, 3.05) is 0 Å². The van der Waals surface area contributed by atoms with Crippen molar-refractivity contribution in [1.82, 2.24) is 15.3 Å². The fourth-order valence-electron chi connectivity index (χ4n) is 1.74. The van der Waals surface area contributed by atoms with Crippen LogP contribution in [0.25, 0.3) is 0 Å². The van der Waals surface area contributed by atoms with E-state index in [1.165, 1.54) is 12.8 Å². The van der Waals surface area contributed by atoms with Gasteiger partial charge < -0.3 is 10.3 Å². The fourth-order valence-corrected chi connectivity index (χ4v) is 1.74. The smallest absolute Gasteiger partial charge is 0.223 e. The van der Waals surface area contributed by atoms with Gasteiger partial charge in [-0.25, -0.2) is 4.98 Å². The maximum absolute atomic E-state index is 11.8. The lowest BCUT2D eigenvalue weighted by Gasteiger charge is -2.15. The molecule has 1 fully saturated rings. The highest BCUT2D eigenvalue weighted by atomic mass is 16.1. The zero-order valence-corrected chi connectivity index (χ0v) is 9.16. The van der Waals surface area contributed by atoms with Gasteiger partial charge in [-0.05, 0) is 25.7 Å². The molecule has 0 radical (unpaired) electrons. The summed E-state index contributed by atoms with van der Waals surface area (Å²) in [7, 11) is 0. The number of amides is 1. The summed E-state index contributed by atoms with van der Waals surface area (Å²) < 4.78 is 0. The number of rotatable bonds is 4. The van der Waals surface area contributed by atoms with Crippen LogP contribution in [0.2, 0.25) is 0 Å². The minimum absolute atomic E-state index is 0.0336. The minimum atomic E-state index is -0.0336. The van der Waals surface area contributed by atoms with Crippen LogP contribution in [-0.4, -0.2) is 15.9 Å². The topological polar surface area (TPSA) is 57.8 Å². The van der Waals surface area contributed by atoms with E-state index >= 15 is 0 Å². The van der Waals surface area contributed by atoms with Crippen molar-refractivity contribution in [3.8, 4) is 0 Å². The summed E-state index contributed by atoms with van der Waals surface area (Å²) in [6.07, 6.45) is 5.86. The Morgan fingerprint density at radius 2 is 2.33 bits per heavy atom. The van der Waals surface area contributed by atoms with Crippen molar-refractivity contribution >= 4 is 5.91 Å². The minimum Gasteiger partial charge on any atom is -0.347 e. The van der Waals surface area contributed by atoms with E-state index in [0.717, 1.165) is 5.82 Å². The molecule has 1 saturated carbocycles. The van der Waals surface area contributed by atoms with Crippen LogP contribution in [0.15, 0.2) is 12.4 Å². The van der Waals surface area contributed by atoms with Gasteiger partial charge >= 0.3 is 0 Å². The largest absolute Gasteiger partial charge is 0.347 e. The summed E-state index contributed by atoms with van der Waals surface area (Å²) in [6, 6.07) is -0.0336. The van der Waals surface area contributed by atoms with Crippen LogP contribution in [0.3, 0.4) is 0 Å². The number of carbonyl (C=O) groups excluding carboxylic acids is 1. The van der Waals surface area contributed by atoms with Gasteiger partial charge in [0, 0.05) is 18.3 Å². The molecule has 1 aromatic rings. The first-order chi connectivity index (χ1) is 7.18. The Kier molecular flexibility index (Phi) is 2.75. The molecule has 4 nitrogen and oxygen atoms in total. The fraction of sp³-hybridized carbons (Fsp3) is 0.636. The number of aromatic amines is 1. The molecule has 2 atom stereocenters. The highest BCUT2D eigenvalue weighted by Gasteiger charge is 2.33. The zero-order valence-electron chi connectivity index (χ0n) is 9.16. The second-order valence-electron chi connectivity index (χ2n) is 4.33. The maximum atomic E-state index is 11.8. The number of H-pyrrole nitrogens is 1. The van der Waals surface area contributed by atoms with E-state index < -0.39 is 0 Å². The lowest BCUT2D eigenvalue weighted by molar-refractivity contribution is -0.125. The number of hydrogen-bond donors (Lipinski definition) is 2. The average Bonchev–Trinajstić information content (AvgIpc) is 2.91. The molecule has 0 bridgehead atoms. The monoisotopic (exact) mass is 207 g/mol. The molecule has 0 aliphatic heterocycles. The number of hydrogen-bond acceptors (Lipinski definition) is 2. The van der Waals surface area contributed by atoms with Gasteiger partial charge in [0.1, 0.15) is 5.82 Å². The third-order valence-electron chi connectivity index (χ3n) is 3.03. The third-order valence-corrected chi connectivity index (χ3v) is 3.03. The Bertz CT molecular complexity index is 330. The predicted molar refractivity (Wildman–Crippen MR) is 57.0 cm³/mol. The maximum Gasteiger partial charge on any atom is 0.223 e. The number of nitrogens with zero attached hydrogens (tertiary/aromatic N) is 1. The Balaban J connectivity index is 1.88. The summed E-state index contributed by atoms with van der Waals surface area (Å²) >= 11 is 0. The quantitative estimate of drug-likeness (QED) is 0.788. The van der Waals surface area contributed by atoms with Gasteiger partial charge in [-0.1, -0.05) is 6.92 Å². The molecular formula is C11H17N3O. The van der Waals surface area contributed by atoms with Gasteiger partial charge in [0.05, 0.1) is 6.04 Å². The van der Waals surface area contributed by atoms with E-state index in [9.17, 15) is 4.79 Å². The standard InChI is InChI=1S/C11H17N3O/c1-7(9-3-4-9)11(15)14-8(2)10-12-5-6-13-10/h5-9H,3-4H2,1-2H3,(H,12,13)(H,14,15). The van der Waals surface area contributed by atoms with Crippen molar-refractivity contribution < 1.29 is 4.79 Å². The van der Waals surface area contributed by atoms with E-state index in [1.807, 2.05) is 13.8 Å². The van der Waals surface area contributed by atoms with Crippen molar-refractivity contribution in [2.24, 2.45) is 11.8 Å². The molecule has 1 aromatic heterocycles. The van der Waals surface area contributed by atoms with E-state index in [0.29, 0.717) is 5.92 Å². The first-order valence-corrected chi connectivity index (χ1v) is 5.48. The predicted octanol–water partition coefficient (Wildman–Crippen LogP) is 1.63. The van der Waals surface area contributed by atoms with Crippen LogP contribution in [0.5, 0.6) is 0 Å². The third kappa shape index (κ3) is 2.37. The van der Waals surface area contributed by atoms with Gasteiger partial charge in [0.15, 0.2) is 0 Å². The Morgan fingerprint density at radius 3 is 2.87 bits per heavy atom. The van der Waals surface area contributed by atoms with Crippen LogP contribution < -0.4 is 5.32 Å². The zero-order chi connectivity index (χ0) is 10.8. The molecule has 4 heteroatoms. The van der Waals surface area contributed by atoms with Crippen LogP contribution in [0, 0.1) is 11.8 Å². The lowest BCUT2D eigenvalue weighted by Crippen LogP contribution is -2.32. The molecule has 1 aliphatic rings. The van der Waals surface area contributed by atoms with E-state index in [2.05, 4.69) is 15.3 Å². The lowest BCUT2D eigenvalue weighted by atomic mass is 10.1. The van der Waals surface area contributed by atoms with Crippen molar-refractivity contribution in [3.63, 3.8) is 0 Å². The molecule has 15 heavy (non-hydrogen) atoms. The second-order valence-corrected chi connectivity index (χ2v) is 4.33.